The van der Waals surface area contributed by atoms with Crippen molar-refractivity contribution in [3.05, 3.63) is 44.7 Å². The molecule has 0 bridgehead atoms. The number of carbonyl (C=O) groups excluding carboxylic acids is 1. The minimum atomic E-state index is 0.540. The van der Waals surface area contributed by atoms with Crippen LogP contribution in [0.3, 0.4) is 0 Å². The summed E-state index contributed by atoms with van der Waals surface area (Å²) < 4.78 is 2.07. The van der Waals surface area contributed by atoms with Gasteiger partial charge in [-0.15, -0.1) is 0 Å². The second-order valence-electron chi connectivity index (χ2n) is 5.73. The van der Waals surface area contributed by atoms with Gasteiger partial charge in [-0.25, -0.2) is 0 Å². The van der Waals surface area contributed by atoms with E-state index in [1.165, 1.54) is 29.5 Å². The molecule has 1 aliphatic rings. The van der Waals surface area contributed by atoms with Crippen molar-refractivity contribution in [2.24, 2.45) is 0 Å². The zero-order valence-corrected chi connectivity index (χ0v) is 15.1. The number of hydrogen-bond acceptors (Lipinski definition) is 3. The number of fused-ring (bicyclic) bond motifs is 1. The Morgan fingerprint density at radius 1 is 1.30 bits per heavy atom. The summed E-state index contributed by atoms with van der Waals surface area (Å²) in [6.45, 7) is 0. The first-order valence-corrected chi connectivity index (χ1v) is 8.93. The molecule has 23 heavy (non-hydrogen) atoms. The summed E-state index contributed by atoms with van der Waals surface area (Å²) in [7, 11) is 0. The average Bonchev–Trinajstić information content (AvgIpc) is 2.83. The molecule has 0 saturated heterocycles. The van der Waals surface area contributed by atoms with Crippen LogP contribution in [0.2, 0.25) is 5.02 Å². The summed E-state index contributed by atoms with van der Waals surface area (Å²) in [6, 6.07) is 7.96. The number of nitrogens with zero attached hydrogens (tertiary/aromatic N) is 3. The number of pyridine rings is 1. The maximum absolute atomic E-state index is 11.4. The first-order chi connectivity index (χ1) is 11.2. The molecule has 4 nitrogen and oxygen atoms in total. The highest BCUT2D eigenvalue weighted by Gasteiger charge is 2.26. The fourth-order valence-electron chi connectivity index (χ4n) is 3.19. The normalized spacial score (nSPS) is 14.9. The van der Waals surface area contributed by atoms with Gasteiger partial charge < -0.3 is 0 Å². The molecular formula is C17H13ClIN3O. The SMILES string of the molecule is O=Cn1nc(I)c2nccc(-c3c(Cl)cccc3C3CCC3)c21. The molecule has 6 heteroatoms. The highest BCUT2D eigenvalue weighted by molar-refractivity contribution is 14.1. The van der Waals surface area contributed by atoms with Gasteiger partial charge in [-0.2, -0.15) is 9.78 Å². The van der Waals surface area contributed by atoms with Crippen molar-refractivity contribution in [3.8, 4) is 11.1 Å². The molecule has 1 fully saturated rings. The molecule has 4 rings (SSSR count). The molecule has 2 heterocycles. The highest BCUT2D eigenvalue weighted by Crippen LogP contribution is 2.45. The Labute approximate surface area is 152 Å². The van der Waals surface area contributed by atoms with Gasteiger partial charge in [0, 0.05) is 22.3 Å². The van der Waals surface area contributed by atoms with Crippen molar-refractivity contribution in [1.29, 1.82) is 0 Å². The Kier molecular flexibility index (Phi) is 3.85. The zero-order valence-electron chi connectivity index (χ0n) is 12.2. The fourth-order valence-corrected chi connectivity index (χ4v) is 4.10. The molecule has 0 N–H and O–H groups in total. The van der Waals surface area contributed by atoms with Crippen LogP contribution < -0.4 is 0 Å². The zero-order chi connectivity index (χ0) is 16.0. The van der Waals surface area contributed by atoms with Crippen molar-refractivity contribution in [3.63, 3.8) is 0 Å². The van der Waals surface area contributed by atoms with Crippen LogP contribution in [0.5, 0.6) is 0 Å². The van der Waals surface area contributed by atoms with Gasteiger partial charge in [0.05, 0.1) is 0 Å². The number of halogens is 2. The van der Waals surface area contributed by atoms with Gasteiger partial charge in [-0.3, -0.25) is 9.78 Å². The largest absolute Gasteiger partial charge is 0.276 e. The van der Waals surface area contributed by atoms with Crippen LogP contribution in [0.4, 0.5) is 0 Å². The number of benzene rings is 1. The maximum atomic E-state index is 11.4. The monoisotopic (exact) mass is 437 g/mol. The number of aromatic nitrogens is 3. The Bertz CT molecular complexity index is 918. The third-order valence-corrected chi connectivity index (χ3v) is 5.55. The summed E-state index contributed by atoms with van der Waals surface area (Å²) in [6.07, 6.45) is 6.10. The molecule has 0 atom stereocenters. The van der Waals surface area contributed by atoms with E-state index in [9.17, 15) is 4.79 Å². The topological polar surface area (TPSA) is 47.8 Å². The Morgan fingerprint density at radius 3 is 2.83 bits per heavy atom. The number of hydrogen-bond donors (Lipinski definition) is 0. The van der Waals surface area contributed by atoms with E-state index in [1.54, 1.807) is 6.20 Å². The van der Waals surface area contributed by atoms with E-state index in [2.05, 4.69) is 38.7 Å². The lowest BCUT2D eigenvalue weighted by Gasteiger charge is -2.28. The van der Waals surface area contributed by atoms with Crippen LogP contribution in [0.25, 0.3) is 22.2 Å². The van der Waals surface area contributed by atoms with E-state index in [0.29, 0.717) is 14.6 Å². The summed E-state index contributed by atoms with van der Waals surface area (Å²) >= 11 is 8.65. The molecule has 1 aliphatic carbocycles. The predicted octanol–water partition coefficient (Wildman–Crippen LogP) is 4.66. The molecule has 116 valence electrons. The highest BCUT2D eigenvalue weighted by atomic mass is 127. The lowest BCUT2D eigenvalue weighted by molar-refractivity contribution is 0.420. The van der Waals surface area contributed by atoms with E-state index in [4.69, 9.17) is 11.6 Å². The second kappa shape index (κ2) is 5.87. The van der Waals surface area contributed by atoms with Crippen molar-refractivity contribution in [2.45, 2.75) is 25.2 Å². The van der Waals surface area contributed by atoms with E-state index in [-0.39, 0.29) is 0 Å². The van der Waals surface area contributed by atoms with Crippen LogP contribution in [0.15, 0.2) is 30.5 Å². The summed E-state index contributed by atoms with van der Waals surface area (Å²) in [5, 5.41) is 4.97. The van der Waals surface area contributed by atoms with Crippen molar-refractivity contribution < 1.29 is 4.79 Å². The minimum Gasteiger partial charge on any atom is -0.276 e. The van der Waals surface area contributed by atoms with Gasteiger partial charge in [0.2, 0.25) is 6.41 Å². The van der Waals surface area contributed by atoms with E-state index < -0.39 is 0 Å². The third kappa shape index (κ3) is 2.37. The second-order valence-corrected chi connectivity index (χ2v) is 7.16. The lowest BCUT2D eigenvalue weighted by atomic mass is 9.77. The summed E-state index contributed by atoms with van der Waals surface area (Å²) in [5.74, 6) is 0.540. The smallest absolute Gasteiger partial charge is 0.234 e. The van der Waals surface area contributed by atoms with Crippen molar-refractivity contribution in [1.82, 2.24) is 14.8 Å². The third-order valence-electron chi connectivity index (χ3n) is 4.50. The number of carbonyl (C=O) groups is 1. The molecule has 3 aromatic rings. The molecule has 1 saturated carbocycles. The molecule has 2 aromatic heterocycles. The molecule has 0 aliphatic heterocycles. The van der Waals surface area contributed by atoms with Crippen molar-refractivity contribution >= 4 is 51.6 Å². The van der Waals surface area contributed by atoms with Crippen LogP contribution in [-0.4, -0.2) is 21.2 Å². The molecule has 1 aromatic carbocycles. The van der Waals surface area contributed by atoms with Gasteiger partial charge in [0.1, 0.15) is 14.7 Å². The summed E-state index contributed by atoms with van der Waals surface area (Å²) in [4.78, 5) is 15.8. The molecular weight excluding hydrogens is 425 g/mol. The molecule has 0 amide bonds. The van der Waals surface area contributed by atoms with Crippen LogP contribution >= 0.6 is 34.2 Å². The molecule has 0 spiro atoms. The van der Waals surface area contributed by atoms with E-state index in [1.807, 2.05) is 18.2 Å². The van der Waals surface area contributed by atoms with Gasteiger partial charge >= 0.3 is 0 Å². The minimum absolute atomic E-state index is 0.540. The standard InChI is InChI=1S/C17H13ClIN3O/c18-13-6-2-5-11(10-3-1-4-10)14(13)12-7-8-20-15-16(12)22(9-23)21-17(15)19/h2,5-10H,1,3-4H2. The van der Waals surface area contributed by atoms with Gasteiger partial charge in [0.25, 0.3) is 0 Å². The molecule has 0 unspecified atom stereocenters. The van der Waals surface area contributed by atoms with Crippen LogP contribution in [0, 0.1) is 3.70 Å². The van der Waals surface area contributed by atoms with Crippen molar-refractivity contribution in [2.75, 3.05) is 0 Å². The van der Waals surface area contributed by atoms with Crippen LogP contribution in [0.1, 0.15) is 30.7 Å². The van der Waals surface area contributed by atoms with Gasteiger partial charge in [0.15, 0.2) is 0 Å². The van der Waals surface area contributed by atoms with Gasteiger partial charge in [-0.05, 0) is 59.0 Å². The Hall–Kier alpha value is -1.47. The first kappa shape index (κ1) is 15.1. The van der Waals surface area contributed by atoms with E-state index in [0.717, 1.165) is 28.6 Å². The summed E-state index contributed by atoms with van der Waals surface area (Å²) in [5.41, 5.74) is 4.64. The number of rotatable bonds is 3. The maximum Gasteiger partial charge on any atom is 0.234 e. The Balaban J connectivity index is 2.05. The average molecular weight is 438 g/mol. The predicted molar refractivity (Wildman–Crippen MR) is 99.4 cm³/mol. The fraction of sp³-hybridized carbons (Fsp3) is 0.235. The van der Waals surface area contributed by atoms with Gasteiger partial charge in [-0.1, -0.05) is 30.2 Å². The Morgan fingerprint density at radius 2 is 2.13 bits per heavy atom. The molecule has 0 radical (unpaired) electrons. The van der Waals surface area contributed by atoms with Crippen LogP contribution in [-0.2, 0) is 4.79 Å². The quantitative estimate of drug-likeness (QED) is 0.442. The first-order valence-electron chi connectivity index (χ1n) is 7.47. The van der Waals surface area contributed by atoms with E-state index >= 15 is 0 Å². The lowest BCUT2D eigenvalue weighted by Crippen LogP contribution is -2.10.